The molecule has 6 rings (SSSR count). The lowest BCUT2D eigenvalue weighted by atomic mass is 9.63. The van der Waals surface area contributed by atoms with Crippen LogP contribution in [0.4, 0.5) is 11.4 Å². The Kier molecular flexibility index (Phi) is 5.03. The number of aromatic nitrogens is 1. The highest BCUT2D eigenvalue weighted by Gasteiger charge is 2.71. The van der Waals surface area contributed by atoms with Gasteiger partial charge in [0, 0.05) is 40.3 Å². The van der Waals surface area contributed by atoms with Gasteiger partial charge >= 0.3 is 0 Å². The first-order valence-corrected chi connectivity index (χ1v) is 12.6. The standard InChI is InChI=1S/C31H29N3O3/c1-18-17-24-31(21-10-6-7-11-22(21)33-29(31)37)25(27(35)19-13-15-32-16-14-19)26(28(36)30(2,3)4)34(24)23-12-8-5-9-20(18)23/h5-17,24-26H,1-4H3,(H,33,37). The van der Waals surface area contributed by atoms with E-state index >= 15 is 0 Å². The lowest BCUT2D eigenvalue weighted by Crippen LogP contribution is -2.51. The number of allylic oxidation sites excluding steroid dienone is 1. The van der Waals surface area contributed by atoms with E-state index in [2.05, 4.69) is 21.3 Å². The maximum Gasteiger partial charge on any atom is 0.238 e. The summed E-state index contributed by atoms with van der Waals surface area (Å²) >= 11 is 0. The largest absolute Gasteiger partial charge is 0.352 e. The van der Waals surface area contributed by atoms with E-state index in [0.29, 0.717) is 11.3 Å². The summed E-state index contributed by atoms with van der Waals surface area (Å²) in [6.45, 7) is 7.66. The van der Waals surface area contributed by atoms with Crippen molar-refractivity contribution in [3.63, 3.8) is 0 Å². The first kappa shape index (κ1) is 23.3. The number of Topliss-reactive ketones (excluding diaryl/α,β-unsaturated/α-hetero) is 2. The number of amides is 1. The highest BCUT2D eigenvalue weighted by Crippen LogP contribution is 2.59. The highest BCUT2D eigenvalue weighted by molar-refractivity contribution is 6.17. The van der Waals surface area contributed by atoms with Crippen LogP contribution in [0, 0.1) is 11.3 Å². The molecule has 4 atom stereocenters. The molecule has 3 aliphatic heterocycles. The average molecular weight is 492 g/mol. The minimum atomic E-state index is -1.28. The van der Waals surface area contributed by atoms with Crippen LogP contribution in [0.15, 0.2) is 79.1 Å². The Balaban J connectivity index is 1.71. The van der Waals surface area contributed by atoms with Gasteiger partial charge in [0.25, 0.3) is 0 Å². The normalized spacial score (nSPS) is 25.7. The molecule has 1 spiro atoms. The molecule has 0 radical (unpaired) electrons. The average Bonchev–Trinajstić information content (AvgIpc) is 3.36. The third-order valence-electron chi connectivity index (χ3n) is 8.14. The lowest BCUT2D eigenvalue weighted by molar-refractivity contribution is -0.128. The molecular weight excluding hydrogens is 462 g/mol. The van der Waals surface area contributed by atoms with Crippen molar-refractivity contribution in [2.24, 2.45) is 11.3 Å². The summed E-state index contributed by atoms with van der Waals surface area (Å²) in [6.07, 6.45) is 5.22. The second kappa shape index (κ2) is 7.97. The van der Waals surface area contributed by atoms with E-state index in [4.69, 9.17) is 0 Å². The first-order valence-electron chi connectivity index (χ1n) is 12.6. The van der Waals surface area contributed by atoms with E-state index in [9.17, 15) is 14.4 Å². The molecule has 1 aromatic heterocycles. The van der Waals surface area contributed by atoms with Crippen LogP contribution < -0.4 is 10.2 Å². The molecule has 3 aromatic rings. The smallest absolute Gasteiger partial charge is 0.238 e. The fourth-order valence-electron chi connectivity index (χ4n) is 6.53. The van der Waals surface area contributed by atoms with Crippen molar-refractivity contribution in [2.75, 3.05) is 10.2 Å². The fraction of sp³-hybridized carbons (Fsp3) is 0.290. The second-order valence-corrected chi connectivity index (χ2v) is 11.2. The number of fused-ring (bicyclic) bond motifs is 6. The minimum Gasteiger partial charge on any atom is -0.352 e. The summed E-state index contributed by atoms with van der Waals surface area (Å²) in [4.78, 5) is 49.3. The van der Waals surface area contributed by atoms with Gasteiger partial charge in [0.1, 0.15) is 11.5 Å². The number of benzene rings is 2. The zero-order valence-corrected chi connectivity index (χ0v) is 21.4. The van der Waals surface area contributed by atoms with Crippen LogP contribution in [0.25, 0.3) is 5.57 Å². The van der Waals surface area contributed by atoms with Crippen molar-refractivity contribution >= 4 is 34.4 Å². The van der Waals surface area contributed by atoms with Crippen molar-refractivity contribution in [1.82, 2.24) is 4.98 Å². The molecule has 6 heteroatoms. The van der Waals surface area contributed by atoms with Crippen LogP contribution in [0.2, 0.25) is 0 Å². The lowest BCUT2D eigenvalue weighted by Gasteiger charge is -2.39. The summed E-state index contributed by atoms with van der Waals surface area (Å²) in [6, 6.07) is 17.5. The van der Waals surface area contributed by atoms with Crippen LogP contribution in [-0.2, 0) is 15.0 Å². The molecule has 186 valence electrons. The Morgan fingerprint density at radius 2 is 1.65 bits per heavy atom. The monoisotopic (exact) mass is 491 g/mol. The van der Waals surface area contributed by atoms with Crippen molar-refractivity contribution in [1.29, 1.82) is 0 Å². The minimum absolute atomic E-state index is 0.0679. The van der Waals surface area contributed by atoms with E-state index in [1.807, 2.05) is 76.2 Å². The molecule has 6 nitrogen and oxygen atoms in total. The van der Waals surface area contributed by atoms with Gasteiger partial charge in [-0.05, 0) is 42.3 Å². The predicted molar refractivity (Wildman–Crippen MR) is 143 cm³/mol. The number of rotatable bonds is 3. The van der Waals surface area contributed by atoms with E-state index in [1.165, 1.54) is 0 Å². The van der Waals surface area contributed by atoms with Gasteiger partial charge in [0.2, 0.25) is 5.91 Å². The van der Waals surface area contributed by atoms with Gasteiger partial charge in [-0.2, -0.15) is 0 Å². The van der Waals surface area contributed by atoms with Crippen LogP contribution in [-0.4, -0.2) is 34.5 Å². The zero-order chi connectivity index (χ0) is 26.1. The molecule has 3 aliphatic rings. The Labute approximate surface area is 216 Å². The van der Waals surface area contributed by atoms with Crippen LogP contribution >= 0.6 is 0 Å². The molecule has 0 aliphatic carbocycles. The maximum atomic E-state index is 14.5. The SMILES string of the molecule is CC1=CC2N(c3ccccc31)C(C(=O)C(C)(C)C)C(C(=O)c1ccncc1)C21C(=O)Nc2ccccc21. The third-order valence-corrected chi connectivity index (χ3v) is 8.14. The highest BCUT2D eigenvalue weighted by atomic mass is 16.2. The zero-order valence-electron chi connectivity index (χ0n) is 21.4. The van der Waals surface area contributed by atoms with Gasteiger partial charge in [-0.3, -0.25) is 19.4 Å². The van der Waals surface area contributed by atoms with Crippen molar-refractivity contribution < 1.29 is 14.4 Å². The fourth-order valence-corrected chi connectivity index (χ4v) is 6.53. The van der Waals surface area contributed by atoms with Crippen LogP contribution in [0.3, 0.4) is 0 Å². The number of carbonyl (C=O) groups excluding carboxylic acids is 3. The molecule has 4 unspecified atom stereocenters. The number of hydrogen-bond donors (Lipinski definition) is 1. The number of para-hydroxylation sites is 2. The molecule has 4 heterocycles. The number of hydrogen-bond acceptors (Lipinski definition) is 5. The number of nitrogens with zero attached hydrogens (tertiary/aromatic N) is 2. The molecule has 1 fully saturated rings. The van der Waals surface area contributed by atoms with E-state index in [1.54, 1.807) is 24.5 Å². The maximum absolute atomic E-state index is 14.5. The number of ketones is 2. The van der Waals surface area contributed by atoms with Crippen LogP contribution in [0.1, 0.15) is 49.2 Å². The van der Waals surface area contributed by atoms with Gasteiger partial charge in [-0.15, -0.1) is 0 Å². The molecule has 37 heavy (non-hydrogen) atoms. The molecule has 2 aromatic carbocycles. The van der Waals surface area contributed by atoms with Gasteiger partial charge in [0.15, 0.2) is 11.6 Å². The molecular formula is C31H29N3O3. The van der Waals surface area contributed by atoms with E-state index in [0.717, 1.165) is 22.4 Å². The molecule has 1 amide bonds. The van der Waals surface area contributed by atoms with Gasteiger partial charge < -0.3 is 10.2 Å². The quantitative estimate of drug-likeness (QED) is 0.518. The Bertz CT molecular complexity index is 1490. The second-order valence-electron chi connectivity index (χ2n) is 11.2. The molecule has 1 N–H and O–H groups in total. The van der Waals surface area contributed by atoms with Gasteiger partial charge in [-0.1, -0.05) is 63.2 Å². The van der Waals surface area contributed by atoms with Crippen LogP contribution in [0.5, 0.6) is 0 Å². The Morgan fingerprint density at radius 3 is 2.38 bits per heavy atom. The third kappa shape index (κ3) is 3.11. The van der Waals surface area contributed by atoms with Gasteiger partial charge in [0.05, 0.1) is 12.0 Å². The summed E-state index contributed by atoms with van der Waals surface area (Å²) in [5, 5.41) is 3.07. The summed E-state index contributed by atoms with van der Waals surface area (Å²) in [5.41, 5.74) is 2.77. The summed E-state index contributed by atoms with van der Waals surface area (Å²) in [5.74, 6) is -1.48. The van der Waals surface area contributed by atoms with Crippen molar-refractivity contribution in [2.45, 2.75) is 45.2 Å². The topological polar surface area (TPSA) is 79.4 Å². The Morgan fingerprint density at radius 1 is 0.973 bits per heavy atom. The molecule has 0 bridgehead atoms. The number of carbonyl (C=O) groups is 3. The van der Waals surface area contributed by atoms with Crippen molar-refractivity contribution in [3.8, 4) is 0 Å². The number of pyridine rings is 1. The summed E-state index contributed by atoms with van der Waals surface area (Å²) in [7, 11) is 0. The number of nitrogens with one attached hydrogen (secondary N) is 1. The van der Waals surface area contributed by atoms with Gasteiger partial charge in [-0.25, -0.2) is 0 Å². The Hall–Kier alpha value is -4.06. The predicted octanol–water partition coefficient (Wildman–Crippen LogP) is 5.06. The first-order chi connectivity index (χ1) is 17.7. The number of anilines is 2. The molecule has 1 saturated heterocycles. The van der Waals surface area contributed by atoms with Crippen molar-refractivity contribution in [3.05, 3.63) is 95.8 Å². The summed E-state index contributed by atoms with van der Waals surface area (Å²) < 4.78 is 0. The van der Waals surface area contributed by atoms with E-state index in [-0.39, 0.29) is 17.5 Å². The van der Waals surface area contributed by atoms with E-state index < -0.39 is 28.8 Å². The molecule has 0 saturated carbocycles.